The Morgan fingerprint density at radius 1 is 0.700 bits per heavy atom. The number of unbranched alkanes of at least 4 members (excludes halogenated alkanes) is 8. The zero-order valence-electron chi connectivity index (χ0n) is 17.9. The number of rotatable bonds is 16. The van der Waals surface area contributed by atoms with Crippen LogP contribution in [0.25, 0.3) is 0 Å². The molecule has 0 aromatic heterocycles. The van der Waals surface area contributed by atoms with Crippen LogP contribution in [-0.2, 0) is 11.2 Å². The Balaban J connectivity index is 1.41. The van der Waals surface area contributed by atoms with E-state index in [2.05, 4.69) is 35.6 Å². The molecule has 0 saturated heterocycles. The molecule has 30 heavy (non-hydrogen) atoms. The van der Waals surface area contributed by atoms with Crippen LogP contribution in [-0.4, -0.2) is 23.4 Å². The summed E-state index contributed by atoms with van der Waals surface area (Å²) in [7, 11) is 0. The second kappa shape index (κ2) is 14.4. The van der Waals surface area contributed by atoms with Gasteiger partial charge in [0.05, 0.1) is 0 Å². The molecule has 0 unspecified atom stereocenters. The standard InChI is InChI=1S/C26H35NO3/c28-25(21-26(29)30)23-16-18-24(19-17-23)27-20-12-7-5-3-1-2-4-6-9-13-22-14-10-8-11-15-22/h8,10-11,14-19,27H,1-7,9,12-13,20-21H2,(H,29,30). The Kier molecular flexibility index (Phi) is 11.3. The van der Waals surface area contributed by atoms with Crippen LogP contribution >= 0.6 is 0 Å². The molecular formula is C26H35NO3. The molecule has 0 spiro atoms. The molecule has 0 aliphatic heterocycles. The summed E-state index contributed by atoms with van der Waals surface area (Å²) in [6.07, 6.45) is 12.4. The van der Waals surface area contributed by atoms with E-state index in [1.54, 1.807) is 12.1 Å². The molecule has 162 valence electrons. The van der Waals surface area contributed by atoms with E-state index in [9.17, 15) is 9.59 Å². The Morgan fingerprint density at radius 2 is 1.27 bits per heavy atom. The van der Waals surface area contributed by atoms with Crippen molar-refractivity contribution in [2.45, 2.75) is 70.6 Å². The number of aryl methyl sites for hydroxylation is 1. The molecule has 2 rings (SSSR count). The normalized spacial score (nSPS) is 10.7. The van der Waals surface area contributed by atoms with Gasteiger partial charge in [-0.2, -0.15) is 0 Å². The second-order valence-electron chi connectivity index (χ2n) is 7.92. The summed E-state index contributed by atoms with van der Waals surface area (Å²) < 4.78 is 0. The highest BCUT2D eigenvalue weighted by Crippen LogP contribution is 2.14. The number of benzene rings is 2. The van der Waals surface area contributed by atoms with Crippen LogP contribution < -0.4 is 5.32 Å². The minimum Gasteiger partial charge on any atom is -0.481 e. The monoisotopic (exact) mass is 409 g/mol. The lowest BCUT2D eigenvalue weighted by molar-refractivity contribution is -0.135. The summed E-state index contributed by atoms with van der Waals surface area (Å²) in [5.74, 6) is -1.45. The first-order chi connectivity index (χ1) is 14.6. The maximum atomic E-state index is 11.7. The van der Waals surface area contributed by atoms with Gasteiger partial charge < -0.3 is 10.4 Å². The number of nitrogens with one attached hydrogen (secondary N) is 1. The maximum Gasteiger partial charge on any atom is 0.311 e. The van der Waals surface area contributed by atoms with Crippen LogP contribution in [0.15, 0.2) is 54.6 Å². The molecular weight excluding hydrogens is 374 g/mol. The Labute approximate surface area is 180 Å². The molecule has 0 bridgehead atoms. The summed E-state index contributed by atoms with van der Waals surface area (Å²) in [4.78, 5) is 22.3. The van der Waals surface area contributed by atoms with E-state index in [1.807, 2.05) is 12.1 Å². The zero-order valence-corrected chi connectivity index (χ0v) is 17.9. The third-order valence-corrected chi connectivity index (χ3v) is 5.33. The van der Waals surface area contributed by atoms with Gasteiger partial charge in [0, 0.05) is 17.8 Å². The number of Topliss-reactive ketones (excluding diaryl/α,β-unsaturated/α-hetero) is 1. The predicted octanol–water partition coefficient (Wildman–Crippen LogP) is 6.51. The minimum absolute atomic E-state index is 0.356. The van der Waals surface area contributed by atoms with Gasteiger partial charge in [-0.05, 0) is 49.1 Å². The van der Waals surface area contributed by atoms with E-state index in [4.69, 9.17) is 5.11 Å². The number of hydrogen-bond acceptors (Lipinski definition) is 3. The Hall–Kier alpha value is -2.62. The van der Waals surface area contributed by atoms with Crippen molar-refractivity contribution in [1.29, 1.82) is 0 Å². The van der Waals surface area contributed by atoms with Crippen molar-refractivity contribution in [3.63, 3.8) is 0 Å². The fourth-order valence-corrected chi connectivity index (χ4v) is 3.58. The van der Waals surface area contributed by atoms with Gasteiger partial charge in [-0.1, -0.05) is 75.3 Å². The van der Waals surface area contributed by atoms with E-state index >= 15 is 0 Å². The summed E-state index contributed by atoms with van der Waals surface area (Å²) in [5.41, 5.74) is 2.87. The van der Waals surface area contributed by atoms with Crippen molar-refractivity contribution in [2.75, 3.05) is 11.9 Å². The average Bonchev–Trinajstić information content (AvgIpc) is 2.75. The number of aliphatic carboxylic acids is 1. The highest BCUT2D eigenvalue weighted by atomic mass is 16.4. The number of carboxylic acids is 1. The first-order valence-electron chi connectivity index (χ1n) is 11.3. The number of hydrogen-bond donors (Lipinski definition) is 2. The molecule has 0 heterocycles. The number of ketones is 1. The van der Waals surface area contributed by atoms with Gasteiger partial charge in [-0.15, -0.1) is 0 Å². The molecule has 0 radical (unpaired) electrons. The number of carbonyl (C=O) groups is 2. The highest BCUT2D eigenvalue weighted by Gasteiger charge is 2.10. The summed E-state index contributed by atoms with van der Waals surface area (Å²) >= 11 is 0. The zero-order chi connectivity index (χ0) is 21.4. The van der Waals surface area contributed by atoms with Gasteiger partial charge in [-0.25, -0.2) is 0 Å². The molecule has 2 aromatic rings. The second-order valence-corrected chi connectivity index (χ2v) is 7.92. The van der Waals surface area contributed by atoms with Crippen LogP contribution in [0.3, 0.4) is 0 Å². The Bertz CT molecular complexity index is 741. The van der Waals surface area contributed by atoms with Gasteiger partial charge in [-0.3, -0.25) is 9.59 Å². The first-order valence-corrected chi connectivity index (χ1v) is 11.3. The lowest BCUT2D eigenvalue weighted by atomic mass is 10.0. The number of anilines is 1. The maximum absolute atomic E-state index is 11.7. The van der Waals surface area contributed by atoms with Crippen molar-refractivity contribution < 1.29 is 14.7 Å². The van der Waals surface area contributed by atoms with Gasteiger partial charge in [0.15, 0.2) is 5.78 Å². The summed E-state index contributed by atoms with van der Waals surface area (Å²) in [6.45, 7) is 0.919. The largest absolute Gasteiger partial charge is 0.481 e. The van der Waals surface area contributed by atoms with Gasteiger partial charge >= 0.3 is 5.97 Å². The van der Waals surface area contributed by atoms with Crippen LogP contribution in [0.5, 0.6) is 0 Å². The van der Waals surface area contributed by atoms with Gasteiger partial charge in [0.1, 0.15) is 6.42 Å². The predicted molar refractivity (Wildman–Crippen MR) is 123 cm³/mol. The molecule has 4 heteroatoms. The van der Waals surface area contributed by atoms with Crippen molar-refractivity contribution in [2.24, 2.45) is 0 Å². The average molecular weight is 410 g/mol. The van der Waals surface area contributed by atoms with Crippen molar-refractivity contribution in [1.82, 2.24) is 0 Å². The fraction of sp³-hybridized carbons (Fsp3) is 0.462. The molecule has 0 atom stereocenters. The fourth-order valence-electron chi connectivity index (χ4n) is 3.58. The van der Waals surface area contributed by atoms with Crippen molar-refractivity contribution >= 4 is 17.4 Å². The molecule has 0 amide bonds. The summed E-state index contributed by atoms with van der Waals surface area (Å²) in [5, 5.41) is 12.0. The molecule has 0 aliphatic rings. The molecule has 0 saturated carbocycles. The topological polar surface area (TPSA) is 66.4 Å². The quantitative estimate of drug-likeness (QED) is 0.188. The Morgan fingerprint density at radius 3 is 1.87 bits per heavy atom. The third kappa shape index (κ3) is 10.2. The van der Waals surface area contributed by atoms with Gasteiger partial charge in [0.25, 0.3) is 0 Å². The lowest BCUT2D eigenvalue weighted by Gasteiger charge is -2.07. The lowest BCUT2D eigenvalue weighted by Crippen LogP contribution is -2.07. The van der Waals surface area contributed by atoms with E-state index in [1.165, 1.54) is 63.4 Å². The molecule has 0 fully saturated rings. The van der Waals surface area contributed by atoms with Crippen LogP contribution in [0.2, 0.25) is 0 Å². The SMILES string of the molecule is O=C(O)CC(=O)c1ccc(NCCCCCCCCCCCc2ccccc2)cc1. The molecule has 2 aromatic carbocycles. The van der Waals surface area contributed by atoms with E-state index < -0.39 is 12.4 Å². The summed E-state index contributed by atoms with van der Waals surface area (Å²) in [6, 6.07) is 17.8. The molecule has 0 aliphatic carbocycles. The van der Waals surface area contributed by atoms with Crippen LogP contribution in [0.1, 0.15) is 80.1 Å². The molecule has 2 N–H and O–H groups in total. The number of carbonyl (C=O) groups excluding carboxylic acids is 1. The van der Waals surface area contributed by atoms with Crippen molar-refractivity contribution in [3.05, 3.63) is 65.7 Å². The highest BCUT2D eigenvalue weighted by molar-refractivity contribution is 6.05. The first kappa shape index (κ1) is 23.7. The van der Waals surface area contributed by atoms with Crippen LogP contribution in [0, 0.1) is 0 Å². The smallest absolute Gasteiger partial charge is 0.311 e. The molecule has 4 nitrogen and oxygen atoms in total. The van der Waals surface area contributed by atoms with E-state index in [0.29, 0.717) is 5.56 Å². The van der Waals surface area contributed by atoms with Gasteiger partial charge in [0.2, 0.25) is 0 Å². The minimum atomic E-state index is -1.09. The van der Waals surface area contributed by atoms with Crippen LogP contribution in [0.4, 0.5) is 5.69 Å². The van der Waals surface area contributed by atoms with E-state index in [-0.39, 0.29) is 5.78 Å². The third-order valence-electron chi connectivity index (χ3n) is 5.33. The number of carboxylic acid groups (broad SMARTS) is 1. The van der Waals surface area contributed by atoms with Crippen molar-refractivity contribution in [3.8, 4) is 0 Å². The van der Waals surface area contributed by atoms with E-state index in [0.717, 1.165) is 18.7 Å².